The van der Waals surface area contributed by atoms with Crippen LogP contribution in [0.1, 0.15) is 28.4 Å². The van der Waals surface area contributed by atoms with E-state index in [-0.39, 0.29) is 0 Å². The SMILES string of the molecule is N#Cc1ccc([C@@H]2O[C@H](CO)[C@@H](O)[C@H](O)[C@@H]2O)cc1Cc1ccc2c(c1)OCCO2. The molecule has 0 saturated carbocycles. The Labute approximate surface area is 173 Å². The second kappa shape index (κ2) is 8.60. The molecule has 2 aliphatic heterocycles. The van der Waals surface area contributed by atoms with Gasteiger partial charge in [-0.2, -0.15) is 5.26 Å². The summed E-state index contributed by atoms with van der Waals surface area (Å²) in [4.78, 5) is 0. The van der Waals surface area contributed by atoms with Crippen LogP contribution in [0.4, 0.5) is 0 Å². The summed E-state index contributed by atoms with van der Waals surface area (Å²) in [5, 5.41) is 49.4. The molecule has 8 nitrogen and oxygen atoms in total. The molecule has 8 heteroatoms. The minimum Gasteiger partial charge on any atom is -0.486 e. The smallest absolute Gasteiger partial charge is 0.161 e. The molecule has 158 valence electrons. The van der Waals surface area contributed by atoms with E-state index in [0.29, 0.717) is 47.8 Å². The van der Waals surface area contributed by atoms with Gasteiger partial charge in [-0.1, -0.05) is 18.2 Å². The standard InChI is InChI=1S/C22H23NO7/c23-10-14-3-2-13(22-21(27)20(26)19(25)18(11-24)30-22)9-15(14)7-12-1-4-16-17(8-12)29-6-5-28-16/h1-4,8-9,18-22,24-27H,5-7,11H2/t18-,19-,20+,21+,22+/m1/s1. The van der Waals surface area contributed by atoms with Crippen LogP contribution in [0, 0.1) is 11.3 Å². The lowest BCUT2D eigenvalue weighted by Crippen LogP contribution is -2.55. The number of fused-ring (bicyclic) bond motifs is 1. The van der Waals surface area contributed by atoms with Crippen LogP contribution in [0.5, 0.6) is 11.5 Å². The summed E-state index contributed by atoms with van der Waals surface area (Å²) in [6.07, 6.45) is -5.77. The van der Waals surface area contributed by atoms with Crippen molar-refractivity contribution in [2.75, 3.05) is 19.8 Å². The highest BCUT2D eigenvalue weighted by atomic mass is 16.6. The Bertz CT molecular complexity index is 955. The van der Waals surface area contributed by atoms with E-state index < -0.39 is 37.1 Å². The number of hydrogen-bond donors (Lipinski definition) is 4. The molecule has 2 aromatic carbocycles. The highest BCUT2D eigenvalue weighted by molar-refractivity contribution is 5.48. The Hall–Kier alpha value is -2.67. The van der Waals surface area contributed by atoms with E-state index in [9.17, 15) is 25.7 Å². The molecule has 0 bridgehead atoms. The summed E-state index contributed by atoms with van der Waals surface area (Å²) >= 11 is 0. The zero-order chi connectivity index (χ0) is 21.3. The molecule has 1 saturated heterocycles. The third kappa shape index (κ3) is 3.86. The fourth-order valence-corrected chi connectivity index (χ4v) is 3.84. The summed E-state index contributed by atoms with van der Waals surface area (Å²) in [6.45, 7) is 0.486. The van der Waals surface area contributed by atoms with Gasteiger partial charge in [0.25, 0.3) is 0 Å². The molecule has 0 radical (unpaired) electrons. The molecule has 2 aromatic rings. The van der Waals surface area contributed by atoms with Gasteiger partial charge < -0.3 is 34.6 Å². The molecule has 4 rings (SSSR count). The van der Waals surface area contributed by atoms with Crippen molar-refractivity contribution < 1.29 is 34.6 Å². The minimum atomic E-state index is -1.46. The highest BCUT2D eigenvalue weighted by Crippen LogP contribution is 2.35. The van der Waals surface area contributed by atoms with Crippen molar-refractivity contribution in [1.29, 1.82) is 5.26 Å². The zero-order valence-corrected chi connectivity index (χ0v) is 16.1. The van der Waals surface area contributed by atoms with E-state index in [1.54, 1.807) is 18.2 Å². The summed E-state index contributed by atoms with van der Waals surface area (Å²) in [5.74, 6) is 1.34. The first kappa shape index (κ1) is 20.6. The molecule has 0 amide bonds. The molecule has 1 fully saturated rings. The fraction of sp³-hybridized carbons (Fsp3) is 0.409. The molecule has 5 atom stereocenters. The first-order chi connectivity index (χ1) is 14.5. The van der Waals surface area contributed by atoms with Gasteiger partial charge in [-0.05, 0) is 41.3 Å². The van der Waals surface area contributed by atoms with Crippen molar-refractivity contribution in [3.63, 3.8) is 0 Å². The first-order valence-corrected chi connectivity index (χ1v) is 9.73. The van der Waals surface area contributed by atoms with Crippen LogP contribution in [-0.4, -0.2) is 64.7 Å². The average Bonchev–Trinajstić information content (AvgIpc) is 2.77. The number of hydrogen-bond acceptors (Lipinski definition) is 8. The normalized spacial score (nSPS) is 28.0. The Balaban J connectivity index is 1.63. The van der Waals surface area contributed by atoms with Gasteiger partial charge in [0, 0.05) is 0 Å². The van der Waals surface area contributed by atoms with E-state index in [2.05, 4.69) is 6.07 Å². The van der Waals surface area contributed by atoms with Gasteiger partial charge in [0.1, 0.15) is 43.7 Å². The Morgan fingerprint density at radius 1 is 0.933 bits per heavy atom. The van der Waals surface area contributed by atoms with Gasteiger partial charge in [0.05, 0.1) is 18.2 Å². The number of benzene rings is 2. The molecular weight excluding hydrogens is 390 g/mol. The average molecular weight is 413 g/mol. The zero-order valence-electron chi connectivity index (χ0n) is 16.1. The van der Waals surface area contributed by atoms with E-state index in [1.807, 2.05) is 18.2 Å². The Morgan fingerprint density at radius 3 is 2.43 bits per heavy atom. The van der Waals surface area contributed by atoms with E-state index >= 15 is 0 Å². The molecule has 30 heavy (non-hydrogen) atoms. The minimum absolute atomic E-state index is 0.435. The Morgan fingerprint density at radius 2 is 1.70 bits per heavy atom. The molecule has 4 N–H and O–H groups in total. The predicted octanol–water partition coefficient (Wildman–Crippen LogP) is 0.435. The maximum absolute atomic E-state index is 10.4. The van der Waals surface area contributed by atoms with Crippen molar-refractivity contribution in [1.82, 2.24) is 0 Å². The first-order valence-electron chi connectivity index (χ1n) is 9.73. The highest BCUT2D eigenvalue weighted by Gasteiger charge is 2.44. The maximum Gasteiger partial charge on any atom is 0.161 e. The largest absolute Gasteiger partial charge is 0.486 e. The molecule has 2 heterocycles. The van der Waals surface area contributed by atoms with Gasteiger partial charge in [-0.3, -0.25) is 0 Å². The van der Waals surface area contributed by atoms with Crippen molar-refractivity contribution in [3.05, 3.63) is 58.7 Å². The van der Waals surface area contributed by atoms with E-state index in [1.165, 1.54) is 0 Å². The van der Waals surface area contributed by atoms with E-state index in [4.69, 9.17) is 14.2 Å². The van der Waals surface area contributed by atoms with Crippen LogP contribution in [-0.2, 0) is 11.2 Å². The Kier molecular flexibility index (Phi) is 5.90. The van der Waals surface area contributed by atoms with Crippen molar-refractivity contribution in [3.8, 4) is 17.6 Å². The number of rotatable bonds is 4. The number of nitrogens with zero attached hydrogens (tertiary/aromatic N) is 1. The molecule has 2 aliphatic rings. The molecule has 0 unspecified atom stereocenters. The van der Waals surface area contributed by atoms with E-state index in [0.717, 1.165) is 5.56 Å². The predicted molar refractivity (Wildman–Crippen MR) is 104 cm³/mol. The lowest BCUT2D eigenvalue weighted by molar-refractivity contribution is -0.231. The lowest BCUT2D eigenvalue weighted by atomic mass is 9.89. The number of aliphatic hydroxyl groups is 4. The van der Waals surface area contributed by atoms with Crippen LogP contribution in [0.15, 0.2) is 36.4 Å². The van der Waals surface area contributed by atoms with Gasteiger partial charge in [0.2, 0.25) is 0 Å². The molecule has 0 spiro atoms. The third-order valence-electron chi connectivity index (χ3n) is 5.47. The van der Waals surface area contributed by atoms with Gasteiger partial charge >= 0.3 is 0 Å². The third-order valence-corrected chi connectivity index (χ3v) is 5.47. The van der Waals surface area contributed by atoms with Crippen molar-refractivity contribution in [2.24, 2.45) is 0 Å². The molecular formula is C22H23NO7. The van der Waals surface area contributed by atoms with Crippen molar-refractivity contribution >= 4 is 0 Å². The number of aliphatic hydroxyl groups excluding tert-OH is 4. The summed E-state index contributed by atoms with van der Waals surface area (Å²) in [5.41, 5.74) is 2.64. The lowest BCUT2D eigenvalue weighted by Gasteiger charge is -2.40. The molecule has 0 aromatic heterocycles. The van der Waals surface area contributed by atoms with Crippen LogP contribution < -0.4 is 9.47 Å². The fourth-order valence-electron chi connectivity index (χ4n) is 3.84. The number of nitriles is 1. The topological polar surface area (TPSA) is 132 Å². The van der Waals surface area contributed by atoms with Gasteiger partial charge in [-0.15, -0.1) is 0 Å². The van der Waals surface area contributed by atoms with Crippen LogP contribution >= 0.6 is 0 Å². The molecule has 0 aliphatic carbocycles. The van der Waals surface area contributed by atoms with Gasteiger partial charge in [0.15, 0.2) is 11.5 Å². The second-order valence-electron chi connectivity index (χ2n) is 7.43. The van der Waals surface area contributed by atoms with Crippen LogP contribution in [0.3, 0.4) is 0 Å². The summed E-state index contributed by atoms with van der Waals surface area (Å²) in [6, 6.07) is 12.8. The monoisotopic (exact) mass is 413 g/mol. The second-order valence-corrected chi connectivity index (χ2v) is 7.43. The summed E-state index contributed by atoms with van der Waals surface area (Å²) in [7, 11) is 0. The van der Waals surface area contributed by atoms with Crippen molar-refractivity contribution in [2.45, 2.75) is 36.9 Å². The maximum atomic E-state index is 10.4. The number of ether oxygens (including phenoxy) is 3. The van der Waals surface area contributed by atoms with Crippen LogP contribution in [0.25, 0.3) is 0 Å². The van der Waals surface area contributed by atoms with Crippen LogP contribution in [0.2, 0.25) is 0 Å². The van der Waals surface area contributed by atoms with Gasteiger partial charge in [-0.25, -0.2) is 0 Å². The summed E-state index contributed by atoms with van der Waals surface area (Å²) < 4.78 is 16.8. The quantitative estimate of drug-likeness (QED) is 0.568.